The quantitative estimate of drug-likeness (QED) is 0.750. The van der Waals surface area contributed by atoms with Crippen LogP contribution in [-0.4, -0.2) is 40.4 Å². The molecule has 3 amide bonds. The molecule has 1 saturated heterocycles. The molecule has 0 radical (unpaired) electrons. The van der Waals surface area contributed by atoms with Gasteiger partial charge in [0.05, 0.1) is 11.6 Å². The molecule has 1 unspecified atom stereocenters. The van der Waals surface area contributed by atoms with Crippen LogP contribution in [0.3, 0.4) is 0 Å². The third-order valence-electron chi connectivity index (χ3n) is 3.85. The molecule has 0 aliphatic carbocycles. The maximum Gasteiger partial charge on any atom is 0.325 e. The van der Waals surface area contributed by atoms with E-state index in [2.05, 4.69) is 9.97 Å². The number of urea groups is 1. The molecule has 0 bridgehead atoms. The Morgan fingerprint density at radius 1 is 1.40 bits per heavy atom. The first-order chi connectivity index (χ1) is 9.50. The normalized spacial score (nSPS) is 21.4. The predicted molar refractivity (Wildman–Crippen MR) is 70.5 cm³/mol. The van der Waals surface area contributed by atoms with Crippen LogP contribution in [0.4, 0.5) is 10.6 Å². The van der Waals surface area contributed by atoms with E-state index in [1.807, 2.05) is 0 Å². The first-order valence-electron chi connectivity index (χ1n) is 6.49. The van der Waals surface area contributed by atoms with Gasteiger partial charge in [0, 0.05) is 13.6 Å². The molecule has 2 aliphatic rings. The van der Waals surface area contributed by atoms with Crippen LogP contribution in [0.15, 0.2) is 4.79 Å². The number of aromatic nitrogens is 2. The van der Waals surface area contributed by atoms with Crippen molar-refractivity contribution in [1.29, 1.82) is 0 Å². The number of nitrogens with zero attached hydrogens (tertiary/aromatic N) is 3. The molecule has 1 fully saturated rings. The van der Waals surface area contributed by atoms with Gasteiger partial charge in [-0.25, -0.2) is 9.78 Å². The number of piperidine rings is 1. The monoisotopic (exact) mass is 277 g/mol. The van der Waals surface area contributed by atoms with Crippen LogP contribution in [0, 0.1) is 0 Å². The van der Waals surface area contributed by atoms with E-state index in [4.69, 9.17) is 5.73 Å². The van der Waals surface area contributed by atoms with Gasteiger partial charge >= 0.3 is 6.03 Å². The number of aromatic amines is 1. The van der Waals surface area contributed by atoms with Crippen molar-refractivity contribution in [1.82, 2.24) is 14.9 Å². The number of fused-ring (bicyclic) bond motifs is 3. The smallest absolute Gasteiger partial charge is 0.325 e. The van der Waals surface area contributed by atoms with E-state index in [0.717, 1.165) is 19.3 Å². The summed E-state index contributed by atoms with van der Waals surface area (Å²) in [4.78, 5) is 45.1. The van der Waals surface area contributed by atoms with Gasteiger partial charge in [-0.15, -0.1) is 0 Å². The second-order valence-electron chi connectivity index (χ2n) is 5.06. The zero-order chi connectivity index (χ0) is 14.4. The zero-order valence-corrected chi connectivity index (χ0v) is 11.0. The van der Waals surface area contributed by atoms with Crippen LogP contribution in [0.25, 0.3) is 0 Å². The molecule has 20 heavy (non-hydrogen) atoms. The molecule has 1 atom stereocenters. The lowest BCUT2D eigenvalue weighted by Gasteiger charge is -2.42. The number of carbonyl (C=O) groups is 2. The molecule has 3 N–H and O–H groups in total. The van der Waals surface area contributed by atoms with Crippen molar-refractivity contribution >= 4 is 17.8 Å². The summed E-state index contributed by atoms with van der Waals surface area (Å²) in [6, 6.07) is -0.462. The molecular weight excluding hydrogens is 262 g/mol. The number of hydrogen-bond acceptors (Lipinski definition) is 4. The zero-order valence-electron chi connectivity index (χ0n) is 11.0. The van der Waals surface area contributed by atoms with E-state index >= 15 is 0 Å². The largest absolute Gasteiger partial charge is 0.363 e. The van der Waals surface area contributed by atoms with Gasteiger partial charge in [-0.1, -0.05) is 0 Å². The average Bonchev–Trinajstić information content (AvgIpc) is 2.44. The van der Waals surface area contributed by atoms with E-state index in [9.17, 15) is 14.4 Å². The molecule has 8 heteroatoms. The number of nitrogens with one attached hydrogen (secondary N) is 1. The Morgan fingerprint density at radius 2 is 2.15 bits per heavy atom. The van der Waals surface area contributed by atoms with Crippen molar-refractivity contribution in [3.05, 3.63) is 21.7 Å². The molecule has 1 aromatic rings. The summed E-state index contributed by atoms with van der Waals surface area (Å²) in [5.41, 5.74) is 5.18. The first kappa shape index (κ1) is 12.6. The van der Waals surface area contributed by atoms with E-state index in [-0.39, 0.29) is 23.7 Å². The van der Waals surface area contributed by atoms with Gasteiger partial charge in [0.25, 0.3) is 11.5 Å². The van der Waals surface area contributed by atoms with E-state index in [1.54, 1.807) is 11.9 Å². The van der Waals surface area contributed by atoms with Crippen molar-refractivity contribution in [3.8, 4) is 0 Å². The molecule has 0 aromatic carbocycles. The van der Waals surface area contributed by atoms with E-state index in [1.165, 1.54) is 4.90 Å². The topological polar surface area (TPSA) is 112 Å². The molecule has 8 nitrogen and oxygen atoms in total. The Bertz CT molecular complexity index is 653. The van der Waals surface area contributed by atoms with Gasteiger partial charge in [0.2, 0.25) is 5.82 Å². The Hall–Kier alpha value is -2.38. The molecular formula is C12H15N5O3. The van der Waals surface area contributed by atoms with Crippen molar-refractivity contribution < 1.29 is 9.59 Å². The van der Waals surface area contributed by atoms with Crippen LogP contribution in [0.2, 0.25) is 0 Å². The van der Waals surface area contributed by atoms with Crippen LogP contribution in [0.5, 0.6) is 0 Å². The van der Waals surface area contributed by atoms with Gasteiger partial charge < -0.3 is 15.6 Å². The van der Waals surface area contributed by atoms with Gasteiger partial charge in [0.1, 0.15) is 5.82 Å². The summed E-state index contributed by atoms with van der Waals surface area (Å²) in [6.07, 6.45) is 2.61. The summed E-state index contributed by atoms with van der Waals surface area (Å²) in [5, 5.41) is 0. The highest BCUT2D eigenvalue weighted by molar-refractivity contribution is 5.95. The Morgan fingerprint density at radius 3 is 2.85 bits per heavy atom. The molecule has 3 rings (SSSR count). The predicted octanol–water partition coefficient (Wildman–Crippen LogP) is -0.0344. The van der Waals surface area contributed by atoms with E-state index < -0.39 is 11.5 Å². The van der Waals surface area contributed by atoms with Crippen LogP contribution >= 0.6 is 0 Å². The number of amides is 3. The molecule has 0 saturated carbocycles. The standard InChI is InChI=1S/C12H15N5O3/c1-16-10-7(11(19)15-9(14-10)8(13)18)6-4-2-3-5-17(6)12(16)20/h6H,2-5H2,1H3,(H2,13,18)(H,14,15,19). The fourth-order valence-corrected chi connectivity index (χ4v) is 2.89. The summed E-state index contributed by atoms with van der Waals surface area (Å²) in [7, 11) is 1.54. The van der Waals surface area contributed by atoms with E-state index in [0.29, 0.717) is 12.1 Å². The molecule has 0 spiro atoms. The molecule has 3 heterocycles. The van der Waals surface area contributed by atoms with Crippen LogP contribution in [-0.2, 0) is 0 Å². The third-order valence-corrected chi connectivity index (χ3v) is 3.85. The van der Waals surface area contributed by atoms with Crippen molar-refractivity contribution in [2.75, 3.05) is 18.5 Å². The number of anilines is 1. The number of hydrogen-bond donors (Lipinski definition) is 2. The van der Waals surface area contributed by atoms with Gasteiger partial charge in [-0.05, 0) is 19.3 Å². The summed E-state index contributed by atoms with van der Waals surface area (Å²) in [6.45, 7) is 0.629. The minimum absolute atomic E-state index is 0.198. The average molecular weight is 277 g/mol. The summed E-state index contributed by atoms with van der Waals surface area (Å²) in [5.74, 6) is -0.815. The number of H-pyrrole nitrogens is 1. The lowest BCUT2D eigenvalue weighted by molar-refractivity contribution is 0.0989. The number of carbonyl (C=O) groups excluding carboxylic acids is 2. The number of rotatable bonds is 1. The first-order valence-corrected chi connectivity index (χ1v) is 6.49. The molecule has 2 aliphatic heterocycles. The Kier molecular flexibility index (Phi) is 2.73. The van der Waals surface area contributed by atoms with Crippen LogP contribution in [0.1, 0.15) is 41.5 Å². The molecule has 106 valence electrons. The van der Waals surface area contributed by atoms with Gasteiger partial charge in [-0.3, -0.25) is 14.5 Å². The highest BCUT2D eigenvalue weighted by Crippen LogP contribution is 2.37. The van der Waals surface area contributed by atoms with Crippen molar-refractivity contribution in [2.45, 2.75) is 25.3 Å². The second kappa shape index (κ2) is 4.32. The third kappa shape index (κ3) is 1.68. The SMILES string of the molecule is CN1C(=O)N2CCCCC2c2c1nc(C(N)=O)[nH]c2=O. The second-order valence-corrected chi connectivity index (χ2v) is 5.06. The lowest BCUT2D eigenvalue weighted by Crippen LogP contribution is -2.52. The number of primary amides is 1. The lowest BCUT2D eigenvalue weighted by atomic mass is 9.94. The maximum absolute atomic E-state index is 12.3. The maximum atomic E-state index is 12.3. The minimum Gasteiger partial charge on any atom is -0.363 e. The fraction of sp³-hybridized carbons (Fsp3) is 0.500. The highest BCUT2D eigenvalue weighted by atomic mass is 16.2. The number of nitrogens with two attached hydrogens (primary N) is 1. The summed E-state index contributed by atoms with van der Waals surface area (Å²) >= 11 is 0. The Labute approximate surface area is 114 Å². The van der Waals surface area contributed by atoms with Crippen molar-refractivity contribution in [3.63, 3.8) is 0 Å². The Balaban J connectivity index is 2.21. The van der Waals surface area contributed by atoms with Crippen LogP contribution < -0.4 is 16.2 Å². The highest BCUT2D eigenvalue weighted by Gasteiger charge is 2.40. The fourth-order valence-electron chi connectivity index (χ4n) is 2.89. The van der Waals surface area contributed by atoms with Gasteiger partial charge in [0.15, 0.2) is 0 Å². The van der Waals surface area contributed by atoms with Gasteiger partial charge in [-0.2, -0.15) is 0 Å². The summed E-state index contributed by atoms with van der Waals surface area (Å²) < 4.78 is 0. The minimum atomic E-state index is -0.822. The molecule has 1 aromatic heterocycles. The van der Waals surface area contributed by atoms with Crippen molar-refractivity contribution in [2.24, 2.45) is 5.73 Å².